The normalized spacial score (nSPS) is 12.7. The van der Waals surface area contributed by atoms with Gasteiger partial charge in [-0.3, -0.25) is 4.79 Å². The highest BCUT2D eigenvalue weighted by molar-refractivity contribution is 14.1. The third kappa shape index (κ3) is 6.04. The molecule has 0 aromatic heterocycles. The largest absolute Gasteiger partial charge is 0.464 e. The van der Waals surface area contributed by atoms with Gasteiger partial charge in [-0.15, -0.1) is 0 Å². The lowest BCUT2D eigenvalue weighted by molar-refractivity contribution is -0.130. The van der Waals surface area contributed by atoms with E-state index in [1.54, 1.807) is 0 Å². The summed E-state index contributed by atoms with van der Waals surface area (Å²) in [6.07, 6.45) is 0. The molecule has 0 bridgehead atoms. The van der Waals surface area contributed by atoms with E-state index in [1.165, 1.54) is 0 Å². The molecule has 0 saturated heterocycles. The van der Waals surface area contributed by atoms with Crippen LogP contribution in [0.15, 0.2) is 0 Å². The molecule has 0 heterocycles. The van der Waals surface area contributed by atoms with Crippen LogP contribution in [0.3, 0.4) is 0 Å². The van der Waals surface area contributed by atoms with Gasteiger partial charge in [0.05, 0.1) is 0 Å². The Bertz CT molecular complexity index is 76.6. The quantitative estimate of drug-likeness (QED) is 0.410. The SMILES string of the molecule is CCOC(I)COC=O. The van der Waals surface area contributed by atoms with Crippen molar-refractivity contribution in [3.63, 3.8) is 0 Å². The average Bonchev–Trinajstić information content (AvgIpc) is 1.85. The Hall–Kier alpha value is 0.160. The molecule has 4 heteroatoms. The standard InChI is InChI=1S/C5H9IO3/c1-2-9-5(6)3-8-4-7/h4-5H,2-3H2,1H3. The first-order valence-corrected chi connectivity index (χ1v) is 3.86. The summed E-state index contributed by atoms with van der Waals surface area (Å²) in [5.41, 5.74) is 0. The van der Waals surface area contributed by atoms with Gasteiger partial charge in [-0.05, 0) is 29.5 Å². The topological polar surface area (TPSA) is 35.5 Å². The van der Waals surface area contributed by atoms with Gasteiger partial charge in [-0.25, -0.2) is 0 Å². The van der Waals surface area contributed by atoms with Crippen molar-refractivity contribution < 1.29 is 14.3 Å². The second-order valence-electron chi connectivity index (χ2n) is 1.29. The molecule has 0 aromatic carbocycles. The number of carbonyl (C=O) groups excluding carboxylic acids is 1. The van der Waals surface area contributed by atoms with Crippen molar-refractivity contribution in [2.45, 2.75) is 11.0 Å². The monoisotopic (exact) mass is 244 g/mol. The molecule has 0 aliphatic carbocycles. The predicted octanol–water partition coefficient (Wildman–Crippen LogP) is 0.957. The van der Waals surface area contributed by atoms with E-state index >= 15 is 0 Å². The second-order valence-corrected chi connectivity index (χ2v) is 2.68. The van der Waals surface area contributed by atoms with Gasteiger partial charge in [0.1, 0.15) is 10.7 Å². The second kappa shape index (κ2) is 6.28. The summed E-state index contributed by atoms with van der Waals surface area (Å²) in [4.78, 5) is 9.63. The minimum absolute atomic E-state index is 0.0159. The number of rotatable bonds is 5. The highest BCUT2D eigenvalue weighted by Crippen LogP contribution is 2.01. The van der Waals surface area contributed by atoms with Crippen molar-refractivity contribution >= 4 is 29.1 Å². The number of alkyl halides is 1. The highest BCUT2D eigenvalue weighted by Gasteiger charge is 2.00. The Kier molecular flexibility index (Phi) is 6.39. The van der Waals surface area contributed by atoms with E-state index in [4.69, 9.17) is 4.74 Å². The molecule has 54 valence electrons. The van der Waals surface area contributed by atoms with E-state index in [2.05, 4.69) is 27.3 Å². The van der Waals surface area contributed by atoms with Gasteiger partial charge < -0.3 is 9.47 Å². The number of hydrogen-bond donors (Lipinski definition) is 0. The zero-order valence-electron chi connectivity index (χ0n) is 5.17. The van der Waals surface area contributed by atoms with Crippen molar-refractivity contribution in [3.8, 4) is 0 Å². The van der Waals surface area contributed by atoms with Crippen molar-refractivity contribution in [2.75, 3.05) is 13.2 Å². The maximum Gasteiger partial charge on any atom is 0.293 e. The highest BCUT2D eigenvalue weighted by atomic mass is 127. The molecule has 0 N–H and O–H groups in total. The molecule has 0 aliphatic rings. The number of hydrogen-bond acceptors (Lipinski definition) is 3. The van der Waals surface area contributed by atoms with Crippen molar-refractivity contribution in [2.24, 2.45) is 0 Å². The van der Waals surface area contributed by atoms with Gasteiger partial charge in [0, 0.05) is 6.61 Å². The lowest BCUT2D eigenvalue weighted by atomic mass is 10.7. The molecule has 1 unspecified atom stereocenters. The van der Waals surface area contributed by atoms with E-state index < -0.39 is 0 Å². The van der Waals surface area contributed by atoms with Crippen molar-refractivity contribution in [3.05, 3.63) is 0 Å². The summed E-state index contributed by atoms with van der Waals surface area (Å²) >= 11 is 2.06. The lowest BCUT2D eigenvalue weighted by Crippen LogP contribution is -2.11. The molecule has 9 heavy (non-hydrogen) atoms. The van der Waals surface area contributed by atoms with Crippen LogP contribution in [-0.4, -0.2) is 23.8 Å². The van der Waals surface area contributed by atoms with Gasteiger partial charge in [0.2, 0.25) is 0 Å². The molecule has 0 amide bonds. The summed E-state index contributed by atoms with van der Waals surface area (Å²) in [5, 5.41) is 0. The van der Waals surface area contributed by atoms with Gasteiger partial charge in [0.15, 0.2) is 0 Å². The summed E-state index contributed by atoms with van der Waals surface area (Å²) in [6, 6.07) is 0. The van der Waals surface area contributed by atoms with Crippen LogP contribution < -0.4 is 0 Å². The first-order chi connectivity index (χ1) is 4.31. The summed E-state index contributed by atoms with van der Waals surface area (Å²) in [5.74, 6) is 0. The van der Waals surface area contributed by atoms with Crippen LogP contribution in [0, 0.1) is 0 Å². The van der Waals surface area contributed by atoms with Crippen molar-refractivity contribution in [1.29, 1.82) is 0 Å². The molecule has 0 fully saturated rings. The Balaban J connectivity index is 3.04. The lowest BCUT2D eigenvalue weighted by Gasteiger charge is -2.06. The fraction of sp³-hybridized carbons (Fsp3) is 0.800. The summed E-state index contributed by atoms with van der Waals surface area (Å²) in [6.45, 7) is 3.30. The van der Waals surface area contributed by atoms with Crippen LogP contribution in [0.2, 0.25) is 0 Å². The van der Waals surface area contributed by atoms with Crippen LogP contribution in [0.25, 0.3) is 0 Å². The third-order valence-corrected chi connectivity index (χ3v) is 1.36. The Morgan fingerprint density at radius 1 is 1.78 bits per heavy atom. The zero-order chi connectivity index (χ0) is 7.11. The van der Waals surface area contributed by atoms with Crippen LogP contribution in [0.1, 0.15) is 6.92 Å². The Morgan fingerprint density at radius 3 is 2.89 bits per heavy atom. The molecule has 0 saturated carbocycles. The number of carbonyl (C=O) groups is 1. The minimum atomic E-state index is -0.0159. The van der Waals surface area contributed by atoms with Crippen LogP contribution in [0.4, 0.5) is 0 Å². The maximum absolute atomic E-state index is 9.63. The van der Waals surface area contributed by atoms with Crippen molar-refractivity contribution in [1.82, 2.24) is 0 Å². The molecule has 1 atom stereocenters. The predicted molar refractivity (Wildman–Crippen MR) is 41.5 cm³/mol. The maximum atomic E-state index is 9.63. The fourth-order valence-electron chi connectivity index (χ4n) is 0.344. The van der Waals surface area contributed by atoms with E-state index in [-0.39, 0.29) is 4.11 Å². The summed E-state index contributed by atoms with van der Waals surface area (Å²) in [7, 11) is 0. The van der Waals surface area contributed by atoms with Gasteiger partial charge >= 0.3 is 0 Å². The molecule has 0 spiro atoms. The van der Waals surface area contributed by atoms with Gasteiger partial charge in [0.25, 0.3) is 6.47 Å². The van der Waals surface area contributed by atoms with Crippen LogP contribution in [0.5, 0.6) is 0 Å². The number of halogens is 1. The van der Waals surface area contributed by atoms with Crippen LogP contribution >= 0.6 is 22.6 Å². The smallest absolute Gasteiger partial charge is 0.293 e. The van der Waals surface area contributed by atoms with E-state index in [1.807, 2.05) is 6.92 Å². The number of ether oxygens (including phenoxy) is 2. The Labute approximate surface area is 67.8 Å². The summed E-state index contributed by atoms with van der Waals surface area (Å²) < 4.78 is 9.47. The van der Waals surface area contributed by atoms with E-state index in [0.29, 0.717) is 19.7 Å². The van der Waals surface area contributed by atoms with Crippen LogP contribution in [-0.2, 0) is 14.3 Å². The zero-order valence-corrected chi connectivity index (χ0v) is 7.33. The molecular weight excluding hydrogens is 235 g/mol. The molecular formula is C5H9IO3. The molecule has 0 aliphatic heterocycles. The molecule has 3 nitrogen and oxygen atoms in total. The van der Waals surface area contributed by atoms with Gasteiger partial charge in [-0.2, -0.15) is 0 Å². The van der Waals surface area contributed by atoms with Gasteiger partial charge in [-0.1, -0.05) is 0 Å². The van der Waals surface area contributed by atoms with E-state index in [9.17, 15) is 4.79 Å². The molecule has 0 rings (SSSR count). The van der Waals surface area contributed by atoms with E-state index in [0.717, 1.165) is 0 Å². The first-order valence-electron chi connectivity index (χ1n) is 2.62. The average molecular weight is 244 g/mol. The molecule has 0 radical (unpaired) electrons. The fourth-order valence-corrected chi connectivity index (χ4v) is 0.911. The third-order valence-electron chi connectivity index (χ3n) is 0.643. The first kappa shape index (κ1) is 9.16. The minimum Gasteiger partial charge on any atom is -0.464 e. The molecule has 0 aromatic rings. The Morgan fingerprint density at radius 2 is 2.44 bits per heavy atom.